The third-order valence-electron chi connectivity index (χ3n) is 22.1. The van der Waals surface area contributed by atoms with Gasteiger partial charge in [0.2, 0.25) is 0 Å². The Morgan fingerprint density at radius 2 is 1.43 bits per heavy atom. The highest BCUT2D eigenvalue weighted by molar-refractivity contribution is 8.00. The van der Waals surface area contributed by atoms with Crippen LogP contribution in [-0.4, -0.2) is 22.2 Å². The summed E-state index contributed by atoms with van der Waals surface area (Å²) < 4.78 is 30.3. The van der Waals surface area contributed by atoms with E-state index < -0.39 is 5.41 Å². The molecule has 5 heteroatoms. The van der Waals surface area contributed by atoms with Crippen molar-refractivity contribution in [3.63, 3.8) is 0 Å². The van der Waals surface area contributed by atoms with Crippen molar-refractivity contribution in [3.8, 4) is 0 Å². The summed E-state index contributed by atoms with van der Waals surface area (Å²) in [6.07, 6.45) is 49.2. The Labute approximate surface area is 520 Å². The summed E-state index contributed by atoms with van der Waals surface area (Å²) in [4.78, 5) is 6.53. The Bertz CT molecular complexity index is 4020. The Hall–Kier alpha value is -7.21. The number of anilines is 2. The van der Waals surface area contributed by atoms with Crippen LogP contribution in [0.1, 0.15) is 167 Å². The van der Waals surface area contributed by atoms with Crippen LogP contribution in [0.15, 0.2) is 250 Å². The van der Waals surface area contributed by atoms with Crippen molar-refractivity contribution < 1.29 is 8.78 Å². The number of hydrogen-bond donors (Lipinski definition) is 0. The molecule has 0 bridgehead atoms. The lowest BCUT2D eigenvalue weighted by molar-refractivity contribution is 0.218. The van der Waals surface area contributed by atoms with Gasteiger partial charge in [-0.05, 0) is 262 Å². The molecule has 0 fully saturated rings. The molecular weight excluding hydrogens is 1080 g/mol. The van der Waals surface area contributed by atoms with E-state index in [0.717, 1.165) is 80.4 Å². The van der Waals surface area contributed by atoms with Crippen LogP contribution in [0.3, 0.4) is 0 Å². The average Bonchev–Trinajstić information content (AvgIpc) is 1.64. The largest absolute Gasteiger partial charge is 0.362 e. The van der Waals surface area contributed by atoms with Crippen molar-refractivity contribution >= 4 is 34.8 Å². The lowest BCUT2D eigenvalue weighted by Gasteiger charge is -2.46. The zero-order valence-corrected chi connectivity index (χ0v) is 52.2. The smallest absolute Gasteiger partial charge is 0.119 e. The molecule has 0 amide bonds. The number of hydrogen-bond acceptors (Lipinski definition) is 3. The van der Waals surface area contributed by atoms with Crippen LogP contribution < -0.4 is 4.90 Å². The van der Waals surface area contributed by atoms with Gasteiger partial charge in [-0.3, -0.25) is 0 Å². The molecule has 4 aromatic rings. The molecule has 1 heterocycles. The van der Waals surface area contributed by atoms with E-state index in [9.17, 15) is 0 Å². The van der Waals surface area contributed by atoms with Crippen LogP contribution in [0.25, 0.3) is 11.6 Å². The number of halogens is 2. The summed E-state index contributed by atoms with van der Waals surface area (Å²) in [5.74, 6) is 0.701. The minimum Gasteiger partial charge on any atom is -0.362 e. The first kappa shape index (κ1) is 56.3. The Balaban J connectivity index is 0.802. The van der Waals surface area contributed by atoms with Crippen molar-refractivity contribution in [3.05, 3.63) is 289 Å². The second-order valence-electron chi connectivity index (χ2n) is 26.9. The van der Waals surface area contributed by atoms with E-state index in [-0.39, 0.29) is 41.0 Å². The monoisotopic (exact) mass is 1160 g/mol. The van der Waals surface area contributed by atoms with E-state index in [1.165, 1.54) is 103 Å². The lowest BCUT2D eigenvalue weighted by atomic mass is 9.58. The maximum Gasteiger partial charge on any atom is 0.119 e. The Morgan fingerprint density at radius 3 is 2.20 bits per heavy atom. The van der Waals surface area contributed by atoms with Crippen LogP contribution in [0.4, 0.5) is 20.2 Å². The van der Waals surface area contributed by atoms with Crippen molar-refractivity contribution in [2.45, 2.75) is 169 Å². The van der Waals surface area contributed by atoms with E-state index in [4.69, 9.17) is 0 Å². The molecule has 0 N–H and O–H groups in total. The molecule has 11 aliphatic rings. The molecule has 15 rings (SSSR count). The average molecular weight is 1170 g/mol. The fourth-order valence-electron chi connectivity index (χ4n) is 18.2. The fourth-order valence-corrected chi connectivity index (χ4v) is 19.7. The van der Waals surface area contributed by atoms with E-state index in [0.29, 0.717) is 30.4 Å². The van der Waals surface area contributed by atoms with Crippen LogP contribution in [0, 0.1) is 25.7 Å². The van der Waals surface area contributed by atoms with Gasteiger partial charge in [-0.1, -0.05) is 152 Å². The highest BCUT2D eigenvalue weighted by Crippen LogP contribution is 2.65. The number of aryl methyl sites for hydroxylation is 2. The SMILES string of the molecule is C=CC1=CCC(C2(c3cc(C)ccc3C)C3=C(CCC(N(C4C=CC(F)=CC4)C4C=CC5c6ccc(N(C7=CC=C(F)CC7)c7ccc8c(c7)C(C7=CC(C)=CCC7C)(c7ccc(C=C)cc7)C7=C8CCCC7)cc6SC5C4)=C3)C3=C2CCCC3)C=C1. The molecule has 8 atom stereocenters. The summed E-state index contributed by atoms with van der Waals surface area (Å²) in [6, 6.07) is 31.2. The standard InChI is InChI=1S/C82H82F2N2S/c1-7-55-21-25-57(26-22-55)81(75-45-51(3)17-19-53(75)5)73-15-11-9-13-67(73)69-41-37-63(47-77(69)81)85(61-33-29-59(83)30-34-61)65-39-43-71-72-44-40-66(50-80(72)87-79(71)49-65)86(62-35-31-60(84)32-36-62)64-38-42-70-68-14-10-12-16-74(68)82(78(70)48-64,58-27-23-56(8-2)24-28-58)76-46-52(4)18-20-54(76)6/h7-8,17-19,21-25,27-31,33,35,38-40,42-48,50,54,57,61,65,71,79H,1-2,9-16,20,26,32,34,36-37,41,49H2,3-6H3. The molecule has 2 nitrogen and oxygen atoms in total. The van der Waals surface area contributed by atoms with Gasteiger partial charge in [0.25, 0.3) is 0 Å². The molecule has 0 radical (unpaired) electrons. The number of benzene rings is 4. The zero-order valence-electron chi connectivity index (χ0n) is 51.4. The van der Waals surface area contributed by atoms with Crippen LogP contribution in [-0.2, 0) is 10.8 Å². The molecule has 1 aliphatic heterocycles. The Morgan fingerprint density at radius 1 is 0.632 bits per heavy atom. The van der Waals surface area contributed by atoms with Gasteiger partial charge in [-0.2, -0.15) is 0 Å². The minimum absolute atomic E-state index is 0.0314. The first-order chi connectivity index (χ1) is 42.5. The molecule has 0 spiro atoms. The van der Waals surface area contributed by atoms with Gasteiger partial charge in [0, 0.05) is 56.7 Å². The second kappa shape index (κ2) is 22.4. The van der Waals surface area contributed by atoms with Crippen molar-refractivity contribution in [2.24, 2.45) is 11.8 Å². The molecule has 8 unspecified atom stereocenters. The molecule has 0 saturated heterocycles. The molecule has 0 saturated carbocycles. The zero-order chi connectivity index (χ0) is 59.3. The topological polar surface area (TPSA) is 6.48 Å². The summed E-state index contributed by atoms with van der Waals surface area (Å²) >= 11 is 2.04. The lowest BCUT2D eigenvalue weighted by Crippen LogP contribution is -2.45. The highest BCUT2D eigenvalue weighted by atomic mass is 32.2. The van der Waals surface area contributed by atoms with Gasteiger partial charge in [-0.15, -0.1) is 11.8 Å². The highest BCUT2D eigenvalue weighted by Gasteiger charge is 2.54. The maximum absolute atomic E-state index is 15.2. The van der Waals surface area contributed by atoms with Gasteiger partial charge >= 0.3 is 0 Å². The van der Waals surface area contributed by atoms with Crippen molar-refractivity contribution in [2.75, 3.05) is 4.90 Å². The summed E-state index contributed by atoms with van der Waals surface area (Å²) in [7, 11) is 0. The van der Waals surface area contributed by atoms with Crippen molar-refractivity contribution in [1.82, 2.24) is 4.90 Å². The molecule has 87 heavy (non-hydrogen) atoms. The quantitative estimate of drug-likeness (QED) is 0.131. The van der Waals surface area contributed by atoms with E-state index in [1.54, 1.807) is 34.4 Å². The van der Waals surface area contributed by atoms with Gasteiger partial charge in [0.1, 0.15) is 11.7 Å². The normalized spacial score (nSPS) is 28.6. The number of rotatable bonds is 12. The maximum atomic E-state index is 15.2. The van der Waals surface area contributed by atoms with Crippen LogP contribution in [0.5, 0.6) is 0 Å². The second-order valence-corrected chi connectivity index (χ2v) is 28.2. The molecule has 440 valence electrons. The van der Waals surface area contributed by atoms with E-state index in [2.05, 4.69) is 184 Å². The first-order valence-electron chi connectivity index (χ1n) is 32.9. The van der Waals surface area contributed by atoms with Gasteiger partial charge < -0.3 is 9.80 Å². The third kappa shape index (κ3) is 9.19. The van der Waals surface area contributed by atoms with Gasteiger partial charge in [0.15, 0.2) is 0 Å². The number of fused-ring (bicyclic) bond motifs is 6. The van der Waals surface area contributed by atoms with Crippen molar-refractivity contribution in [1.29, 1.82) is 0 Å². The van der Waals surface area contributed by atoms with Crippen LogP contribution in [0.2, 0.25) is 0 Å². The minimum atomic E-state index is -0.407. The first-order valence-corrected chi connectivity index (χ1v) is 33.8. The predicted octanol–water partition coefficient (Wildman–Crippen LogP) is 22.0. The fraction of sp³-hybridized carbons (Fsp3) is 0.341. The summed E-state index contributed by atoms with van der Waals surface area (Å²) in [5, 5.41) is 0.326. The van der Waals surface area contributed by atoms with Gasteiger partial charge in [0.05, 0.1) is 11.5 Å². The molecular formula is C82H82F2N2S. The Kier molecular flexibility index (Phi) is 14.5. The number of nitrogens with zero attached hydrogens (tertiary/aromatic N) is 2. The predicted molar refractivity (Wildman–Crippen MR) is 361 cm³/mol. The van der Waals surface area contributed by atoms with E-state index >= 15 is 8.78 Å². The molecule has 10 aliphatic carbocycles. The molecule has 4 aromatic carbocycles. The van der Waals surface area contributed by atoms with Gasteiger partial charge in [-0.25, -0.2) is 8.78 Å². The third-order valence-corrected chi connectivity index (χ3v) is 23.5. The number of allylic oxidation sites excluding steroid dienone is 24. The summed E-state index contributed by atoms with van der Waals surface area (Å²) in [5.41, 5.74) is 28.4. The molecule has 0 aromatic heterocycles. The van der Waals surface area contributed by atoms with E-state index in [1.807, 2.05) is 36.1 Å². The van der Waals surface area contributed by atoms with Crippen LogP contribution >= 0.6 is 11.8 Å². The summed E-state index contributed by atoms with van der Waals surface area (Å²) in [6.45, 7) is 17.6. The number of thioether (sulfide) groups is 1.